The van der Waals surface area contributed by atoms with E-state index in [2.05, 4.69) is 15.8 Å². The number of anilines is 1. The molecule has 0 spiro atoms. The zero-order valence-electron chi connectivity index (χ0n) is 27.4. The van der Waals surface area contributed by atoms with Gasteiger partial charge in [0.25, 0.3) is 5.09 Å². The van der Waals surface area contributed by atoms with E-state index in [0.717, 1.165) is 47.6 Å². The van der Waals surface area contributed by atoms with Gasteiger partial charge in [-0.05, 0) is 48.6 Å². The Morgan fingerprint density at radius 3 is 2.43 bits per heavy atom. The molecule has 47 heavy (non-hydrogen) atoms. The van der Waals surface area contributed by atoms with Crippen LogP contribution >= 0.6 is 0 Å². The third-order valence-electron chi connectivity index (χ3n) is 8.28. The first-order chi connectivity index (χ1) is 22.8. The number of rotatable bonds is 19. The number of likely N-dealkylation sites (tertiary alicyclic amines) is 1. The fourth-order valence-electron chi connectivity index (χ4n) is 5.87. The van der Waals surface area contributed by atoms with Crippen molar-refractivity contribution in [1.29, 1.82) is 0 Å². The van der Waals surface area contributed by atoms with Crippen molar-refractivity contribution in [2.24, 2.45) is 0 Å². The number of ether oxygens (including phenoxy) is 6. The quantitative estimate of drug-likeness (QED) is 0.131. The Morgan fingerprint density at radius 2 is 1.72 bits per heavy atom. The van der Waals surface area contributed by atoms with Gasteiger partial charge in [-0.2, -0.15) is 0 Å². The summed E-state index contributed by atoms with van der Waals surface area (Å²) in [5, 5.41) is 19.9. The number of hydrogen-bond donors (Lipinski definition) is 1. The summed E-state index contributed by atoms with van der Waals surface area (Å²) in [6.07, 6.45) is -1.69. The highest BCUT2D eigenvalue weighted by atomic mass is 17.0. The predicted octanol–water partition coefficient (Wildman–Crippen LogP) is 4.12. The molecular weight excluding hydrogens is 614 g/mol. The lowest BCUT2D eigenvalue weighted by molar-refractivity contribution is -0.767. The molecule has 4 rings (SSSR count). The molecule has 0 aliphatic carbocycles. The fourth-order valence-corrected chi connectivity index (χ4v) is 5.87. The van der Waals surface area contributed by atoms with Crippen molar-refractivity contribution in [2.75, 3.05) is 78.3 Å². The van der Waals surface area contributed by atoms with Crippen LogP contribution in [0.3, 0.4) is 0 Å². The minimum atomic E-state index is -1.07. The van der Waals surface area contributed by atoms with Crippen molar-refractivity contribution in [3.8, 4) is 5.75 Å². The average molecular weight is 662 g/mol. The topological polar surface area (TPSA) is 152 Å². The molecule has 0 saturated carbocycles. The third kappa shape index (κ3) is 10.9. The van der Waals surface area contributed by atoms with Gasteiger partial charge in [0.15, 0.2) is 0 Å². The lowest BCUT2D eigenvalue weighted by Crippen LogP contribution is -2.54. The Kier molecular flexibility index (Phi) is 14.3. The standard InChI is InChI=1S/C33H47N3O11/c1-24(47-36(39)40)11-15-44-30-20-35(33(37)38)21-31(32(30)27-8-5-25(6-9-27)22-43-18-17-42-3)46-23-26-7-10-29-28(19-26)34(13-16-45-29)12-4-14-41-2/h5-10,19,24,30-32H,4,11-18,20-23H2,1-3H3,(H,37,38)/t24-,30+,31-,32-/m0/s1. The molecule has 1 amide bonds. The normalized spacial score (nSPS) is 19.9. The molecule has 0 bridgehead atoms. The Hall–Kier alpha value is -3.69. The summed E-state index contributed by atoms with van der Waals surface area (Å²) in [4.78, 5) is 31.2. The molecule has 260 valence electrons. The molecule has 2 aromatic rings. The number of hydrogen-bond acceptors (Lipinski definition) is 11. The predicted molar refractivity (Wildman–Crippen MR) is 171 cm³/mol. The lowest BCUT2D eigenvalue weighted by Gasteiger charge is -2.42. The maximum absolute atomic E-state index is 12.2. The molecule has 1 fully saturated rings. The maximum atomic E-state index is 12.2. The van der Waals surface area contributed by atoms with Gasteiger partial charge < -0.3 is 48.2 Å². The number of carboxylic acid groups (broad SMARTS) is 1. The van der Waals surface area contributed by atoms with E-state index in [-0.39, 0.29) is 38.6 Å². The molecule has 1 saturated heterocycles. The summed E-state index contributed by atoms with van der Waals surface area (Å²) in [5.41, 5.74) is 3.85. The molecule has 4 atom stereocenters. The van der Waals surface area contributed by atoms with Crippen LogP contribution in [-0.2, 0) is 41.7 Å². The Bertz CT molecular complexity index is 1260. The SMILES string of the molecule is COCCCN1CCOc2ccc(CO[C@H]3CN(C(=O)O)C[C@@H](OCC[C@H](C)O[N+](=O)[O-])[C@@H]3c3ccc(COCCOC)cc3)cc21. The number of amides is 1. The van der Waals surface area contributed by atoms with Crippen LogP contribution < -0.4 is 9.64 Å². The van der Waals surface area contributed by atoms with Crippen LogP contribution in [-0.4, -0.2) is 113 Å². The van der Waals surface area contributed by atoms with Gasteiger partial charge in [-0.15, -0.1) is 10.1 Å². The summed E-state index contributed by atoms with van der Waals surface area (Å²) in [5.74, 6) is 0.507. The van der Waals surface area contributed by atoms with Gasteiger partial charge in [0.05, 0.1) is 64.0 Å². The molecule has 14 heteroatoms. The highest BCUT2D eigenvalue weighted by Gasteiger charge is 2.41. The van der Waals surface area contributed by atoms with Crippen LogP contribution in [0, 0.1) is 10.1 Å². The number of nitrogens with zero attached hydrogens (tertiary/aromatic N) is 3. The number of fused-ring (bicyclic) bond motifs is 1. The van der Waals surface area contributed by atoms with Gasteiger partial charge in [0.1, 0.15) is 18.5 Å². The van der Waals surface area contributed by atoms with E-state index in [1.165, 1.54) is 4.90 Å². The zero-order valence-corrected chi connectivity index (χ0v) is 27.4. The van der Waals surface area contributed by atoms with Crippen LogP contribution in [0.25, 0.3) is 0 Å². The molecule has 0 radical (unpaired) electrons. The van der Waals surface area contributed by atoms with E-state index in [4.69, 9.17) is 28.4 Å². The summed E-state index contributed by atoms with van der Waals surface area (Å²) >= 11 is 0. The van der Waals surface area contributed by atoms with Crippen LogP contribution in [0.1, 0.15) is 42.4 Å². The fraction of sp³-hybridized carbons (Fsp3) is 0.606. The number of benzene rings is 2. The second-order valence-electron chi connectivity index (χ2n) is 11.7. The van der Waals surface area contributed by atoms with Crippen molar-refractivity contribution in [2.45, 2.75) is 57.2 Å². The number of methoxy groups -OCH3 is 2. The first kappa shape index (κ1) is 36.2. The van der Waals surface area contributed by atoms with Crippen molar-refractivity contribution in [1.82, 2.24) is 4.90 Å². The van der Waals surface area contributed by atoms with Crippen molar-refractivity contribution in [3.05, 3.63) is 69.3 Å². The van der Waals surface area contributed by atoms with E-state index in [1.807, 2.05) is 36.4 Å². The first-order valence-electron chi connectivity index (χ1n) is 16.0. The summed E-state index contributed by atoms with van der Waals surface area (Å²) in [6, 6.07) is 13.9. The summed E-state index contributed by atoms with van der Waals surface area (Å²) in [7, 11) is 3.32. The Morgan fingerprint density at radius 1 is 1.00 bits per heavy atom. The van der Waals surface area contributed by atoms with E-state index in [1.54, 1.807) is 21.1 Å². The van der Waals surface area contributed by atoms with E-state index in [0.29, 0.717) is 33.0 Å². The van der Waals surface area contributed by atoms with Crippen molar-refractivity contribution < 1.29 is 48.2 Å². The van der Waals surface area contributed by atoms with Gasteiger partial charge in [-0.3, -0.25) is 0 Å². The molecule has 2 aliphatic rings. The van der Waals surface area contributed by atoms with Crippen molar-refractivity contribution in [3.63, 3.8) is 0 Å². The van der Waals surface area contributed by atoms with E-state index >= 15 is 0 Å². The minimum Gasteiger partial charge on any atom is -0.490 e. The van der Waals surface area contributed by atoms with E-state index in [9.17, 15) is 20.0 Å². The second kappa shape index (κ2) is 18.6. The molecule has 14 nitrogen and oxygen atoms in total. The largest absolute Gasteiger partial charge is 0.490 e. The highest BCUT2D eigenvalue weighted by Crippen LogP contribution is 2.36. The molecule has 0 unspecified atom stereocenters. The highest BCUT2D eigenvalue weighted by molar-refractivity contribution is 5.65. The summed E-state index contributed by atoms with van der Waals surface area (Å²) in [6.45, 7) is 6.58. The van der Waals surface area contributed by atoms with Crippen LogP contribution in [0.5, 0.6) is 5.75 Å². The molecule has 2 aromatic carbocycles. The molecule has 1 N–H and O–H groups in total. The lowest BCUT2D eigenvalue weighted by atomic mass is 9.84. The zero-order chi connectivity index (χ0) is 33.6. The van der Waals surface area contributed by atoms with E-state index < -0.39 is 29.5 Å². The van der Waals surface area contributed by atoms with Gasteiger partial charge in [-0.1, -0.05) is 30.3 Å². The molecular formula is C33H47N3O11. The van der Waals surface area contributed by atoms with Gasteiger partial charge in [-0.25, -0.2) is 4.79 Å². The second-order valence-corrected chi connectivity index (χ2v) is 11.7. The van der Waals surface area contributed by atoms with Crippen LogP contribution in [0.4, 0.5) is 10.5 Å². The van der Waals surface area contributed by atoms with Crippen LogP contribution in [0.2, 0.25) is 0 Å². The monoisotopic (exact) mass is 661 g/mol. The minimum absolute atomic E-state index is 0.124. The Balaban J connectivity index is 1.54. The smallest absolute Gasteiger partial charge is 0.407 e. The third-order valence-corrected chi connectivity index (χ3v) is 8.28. The number of piperidine rings is 1. The molecule has 0 aromatic heterocycles. The average Bonchev–Trinajstić information content (AvgIpc) is 3.05. The van der Waals surface area contributed by atoms with Crippen LogP contribution in [0.15, 0.2) is 42.5 Å². The Labute approximate surface area is 275 Å². The molecule has 2 aliphatic heterocycles. The van der Waals surface area contributed by atoms with Crippen molar-refractivity contribution >= 4 is 11.8 Å². The van der Waals surface area contributed by atoms with Gasteiger partial charge >= 0.3 is 6.09 Å². The maximum Gasteiger partial charge on any atom is 0.407 e. The van der Waals surface area contributed by atoms with Gasteiger partial charge in [0.2, 0.25) is 0 Å². The summed E-state index contributed by atoms with van der Waals surface area (Å²) < 4.78 is 34.7. The first-order valence-corrected chi connectivity index (χ1v) is 16.0. The van der Waals surface area contributed by atoms with Gasteiger partial charge in [0, 0.05) is 39.9 Å². The number of carbonyl (C=O) groups is 1. The molecule has 2 heterocycles.